The van der Waals surface area contributed by atoms with Crippen molar-refractivity contribution in [2.24, 2.45) is 5.92 Å². The van der Waals surface area contributed by atoms with Gasteiger partial charge in [0.15, 0.2) is 0 Å². The van der Waals surface area contributed by atoms with Crippen molar-refractivity contribution < 1.29 is 23.8 Å². The average Bonchev–Trinajstić information content (AvgIpc) is 3.34. The Kier molecular flexibility index (Phi) is 10.2. The van der Waals surface area contributed by atoms with Crippen molar-refractivity contribution in [1.29, 1.82) is 0 Å². The van der Waals surface area contributed by atoms with Crippen molar-refractivity contribution in [1.82, 2.24) is 5.32 Å². The largest absolute Gasteiger partial charge is 0.497 e. The molecule has 3 rings (SSSR count). The molecule has 0 bridgehead atoms. The smallest absolute Gasteiger partial charge is 0.313 e. The summed E-state index contributed by atoms with van der Waals surface area (Å²) in [6, 6.07) is 14.5. The van der Waals surface area contributed by atoms with Crippen LogP contribution in [0.1, 0.15) is 67.3 Å². The highest BCUT2D eigenvalue weighted by Crippen LogP contribution is 2.35. The maximum Gasteiger partial charge on any atom is 0.313 e. The Morgan fingerprint density at radius 2 is 1.60 bits per heavy atom. The first-order valence-corrected chi connectivity index (χ1v) is 12.5. The van der Waals surface area contributed by atoms with E-state index in [4.69, 9.17) is 14.2 Å². The highest BCUT2D eigenvalue weighted by molar-refractivity contribution is 5.94. The summed E-state index contributed by atoms with van der Waals surface area (Å²) in [5.74, 6) is 0.547. The quantitative estimate of drug-likeness (QED) is 0.227. The Hall–Kier alpha value is -3.28. The summed E-state index contributed by atoms with van der Waals surface area (Å²) in [6.07, 6.45) is 10.5. The second kappa shape index (κ2) is 13.6. The Labute approximate surface area is 208 Å². The van der Waals surface area contributed by atoms with Gasteiger partial charge in [-0.15, -0.1) is 0 Å². The topological polar surface area (TPSA) is 73.9 Å². The predicted molar refractivity (Wildman–Crippen MR) is 137 cm³/mol. The number of allylic oxidation sites excluding steroid dienone is 1. The van der Waals surface area contributed by atoms with Gasteiger partial charge in [0, 0.05) is 11.6 Å². The van der Waals surface area contributed by atoms with Crippen molar-refractivity contribution >= 4 is 11.9 Å². The lowest BCUT2D eigenvalue weighted by Gasteiger charge is -2.22. The van der Waals surface area contributed by atoms with Gasteiger partial charge in [-0.3, -0.25) is 9.59 Å². The van der Waals surface area contributed by atoms with E-state index in [2.05, 4.69) is 12.2 Å². The van der Waals surface area contributed by atoms with Gasteiger partial charge in [-0.1, -0.05) is 56.9 Å². The molecule has 0 saturated heterocycles. The molecule has 2 aromatic carbocycles. The summed E-state index contributed by atoms with van der Waals surface area (Å²) in [7, 11) is 3.01. The summed E-state index contributed by atoms with van der Waals surface area (Å²) < 4.78 is 16.1. The molecule has 2 aromatic rings. The lowest BCUT2D eigenvalue weighted by molar-refractivity contribution is -0.143. The molecular weight excluding hydrogens is 442 g/mol. The van der Waals surface area contributed by atoms with Crippen LogP contribution >= 0.6 is 0 Å². The molecule has 6 heteroatoms. The lowest BCUT2D eigenvalue weighted by Crippen LogP contribution is -2.33. The fourth-order valence-corrected chi connectivity index (χ4v) is 4.43. The summed E-state index contributed by atoms with van der Waals surface area (Å²) in [4.78, 5) is 25.4. The van der Waals surface area contributed by atoms with Gasteiger partial charge in [-0.25, -0.2) is 0 Å². The molecule has 0 saturated carbocycles. The zero-order chi connectivity index (χ0) is 25.0. The molecule has 35 heavy (non-hydrogen) atoms. The van der Waals surface area contributed by atoms with E-state index in [0.29, 0.717) is 18.6 Å². The van der Waals surface area contributed by atoms with Crippen LogP contribution in [0.25, 0.3) is 0 Å². The standard InChI is InChI=1S/C29H37NO5/c1-4-5-6-7-8-19-35-26-17-12-22(13-18-26)28(31)30-24-14-9-23(20-24)27(29(32)34-3)21-10-15-25(33-2)16-11-21/h9-18,23-24,27H,4-8,19-20H2,1-3H3,(H,30,31)/t23-,24+,27+/m0/s1. The first-order chi connectivity index (χ1) is 17.0. The summed E-state index contributed by atoms with van der Waals surface area (Å²) in [6.45, 7) is 2.90. The van der Waals surface area contributed by atoms with E-state index >= 15 is 0 Å². The summed E-state index contributed by atoms with van der Waals surface area (Å²) >= 11 is 0. The third kappa shape index (κ3) is 7.61. The Balaban J connectivity index is 1.52. The Morgan fingerprint density at radius 1 is 0.914 bits per heavy atom. The van der Waals surface area contributed by atoms with Crippen molar-refractivity contribution in [2.75, 3.05) is 20.8 Å². The van der Waals surface area contributed by atoms with Gasteiger partial charge in [0.1, 0.15) is 11.5 Å². The molecule has 0 aliphatic heterocycles. The number of esters is 1. The van der Waals surface area contributed by atoms with Crippen LogP contribution in [0.15, 0.2) is 60.7 Å². The van der Waals surface area contributed by atoms with Crippen LogP contribution in [0.5, 0.6) is 11.5 Å². The van der Waals surface area contributed by atoms with Crippen LogP contribution in [-0.2, 0) is 9.53 Å². The molecule has 0 aromatic heterocycles. The van der Waals surface area contributed by atoms with Crippen LogP contribution in [0.3, 0.4) is 0 Å². The third-order valence-electron chi connectivity index (χ3n) is 6.42. The van der Waals surface area contributed by atoms with Gasteiger partial charge >= 0.3 is 5.97 Å². The number of hydrogen-bond donors (Lipinski definition) is 1. The van der Waals surface area contributed by atoms with Gasteiger partial charge in [0.2, 0.25) is 0 Å². The van der Waals surface area contributed by atoms with Gasteiger partial charge in [-0.05, 0) is 60.7 Å². The summed E-state index contributed by atoms with van der Waals surface area (Å²) in [5, 5.41) is 3.06. The van der Waals surface area contributed by atoms with Crippen LogP contribution in [0, 0.1) is 5.92 Å². The van der Waals surface area contributed by atoms with E-state index in [1.54, 1.807) is 19.2 Å². The van der Waals surface area contributed by atoms with E-state index in [9.17, 15) is 9.59 Å². The fraction of sp³-hybridized carbons (Fsp3) is 0.448. The number of unbranched alkanes of at least 4 members (excludes halogenated alkanes) is 4. The third-order valence-corrected chi connectivity index (χ3v) is 6.42. The van der Waals surface area contributed by atoms with E-state index in [1.165, 1.54) is 32.8 Å². The minimum atomic E-state index is -0.442. The van der Waals surface area contributed by atoms with Crippen molar-refractivity contribution in [2.45, 2.75) is 57.4 Å². The van der Waals surface area contributed by atoms with E-state index in [1.807, 2.05) is 48.6 Å². The Bertz CT molecular complexity index is 968. The minimum absolute atomic E-state index is 0.0748. The van der Waals surface area contributed by atoms with Crippen molar-refractivity contribution in [3.05, 3.63) is 71.8 Å². The summed E-state index contributed by atoms with van der Waals surface area (Å²) in [5.41, 5.74) is 1.44. The number of rotatable bonds is 13. The number of hydrogen-bond acceptors (Lipinski definition) is 5. The van der Waals surface area contributed by atoms with Gasteiger partial charge < -0.3 is 19.5 Å². The fourth-order valence-electron chi connectivity index (χ4n) is 4.43. The molecule has 0 unspecified atom stereocenters. The second-order valence-corrected chi connectivity index (χ2v) is 8.93. The van der Waals surface area contributed by atoms with Gasteiger partial charge in [0.25, 0.3) is 5.91 Å². The van der Waals surface area contributed by atoms with Gasteiger partial charge in [0.05, 0.1) is 26.7 Å². The predicted octanol–water partition coefficient (Wildman–Crippen LogP) is 5.68. The normalized spacial score (nSPS) is 17.6. The SMILES string of the molecule is CCCCCCCOc1ccc(C(=O)N[C@@H]2C=C[C@H]([C@H](C(=O)OC)c3ccc(OC)cc3)C2)cc1. The molecule has 1 N–H and O–H groups in total. The maximum absolute atomic E-state index is 12.8. The highest BCUT2D eigenvalue weighted by atomic mass is 16.5. The van der Waals surface area contributed by atoms with Crippen LogP contribution in [0.4, 0.5) is 0 Å². The van der Waals surface area contributed by atoms with Crippen LogP contribution in [-0.4, -0.2) is 38.7 Å². The van der Waals surface area contributed by atoms with Gasteiger partial charge in [-0.2, -0.15) is 0 Å². The average molecular weight is 480 g/mol. The number of benzene rings is 2. The first kappa shape index (κ1) is 26.3. The number of nitrogens with one attached hydrogen (secondary N) is 1. The molecule has 0 fully saturated rings. The highest BCUT2D eigenvalue weighted by Gasteiger charge is 2.34. The number of carbonyl (C=O) groups is 2. The van der Waals surface area contributed by atoms with Crippen molar-refractivity contribution in [3.63, 3.8) is 0 Å². The first-order valence-electron chi connectivity index (χ1n) is 12.5. The minimum Gasteiger partial charge on any atom is -0.497 e. The zero-order valence-corrected chi connectivity index (χ0v) is 21.0. The van der Waals surface area contributed by atoms with E-state index in [-0.39, 0.29) is 23.8 Å². The lowest BCUT2D eigenvalue weighted by atomic mass is 9.85. The Morgan fingerprint density at radius 3 is 2.26 bits per heavy atom. The van der Waals surface area contributed by atoms with E-state index < -0.39 is 5.92 Å². The molecular formula is C29H37NO5. The number of carbonyl (C=O) groups excluding carboxylic acids is 2. The number of methoxy groups -OCH3 is 2. The molecule has 1 aliphatic rings. The van der Waals surface area contributed by atoms with Crippen molar-refractivity contribution in [3.8, 4) is 11.5 Å². The molecule has 188 valence electrons. The maximum atomic E-state index is 12.8. The molecule has 1 aliphatic carbocycles. The molecule has 0 spiro atoms. The molecule has 0 radical (unpaired) electrons. The molecule has 0 heterocycles. The van der Waals surface area contributed by atoms with Crippen LogP contribution in [0.2, 0.25) is 0 Å². The van der Waals surface area contributed by atoms with Crippen LogP contribution < -0.4 is 14.8 Å². The molecule has 3 atom stereocenters. The molecule has 1 amide bonds. The molecule has 6 nitrogen and oxygen atoms in total. The number of ether oxygens (including phenoxy) is 3. The zero-order valence-electron chi connectivity index (χ0n) is 21.0. The van der Waals surface area contributed by atoms with E-state index in [0.717, 1.165) is 23.5 Å². The monoisotopic (exact) mass is 479 g/mol. The second-order valence-electron chi connectivity index (χ2n) is 8.93. The number of amides is 1.